The number of hydrogen-bond acceptors (Lipinski definition) is 2. The average Bonchev–Trinajstić information content (AvgIpc) is 3.05. The van der Waals surface area contributed by atoms with Crippen molar-refractivity contribution in [3.63, 3.8) is 0 Å². The van der Waals surface area contributed by atoms with E-state index in [1.54, 1.807) is 0 Å². The van der Waals surface area contributed by atoms with E-state index in [2.05, 4.69) is 33.1 Å². The topological polar surface area (TPSA) is 65.5 Å². The molecule has 1 aromatic rings. The van der Waals surface area contributed by atoms with Gasteiger partial charge in [-0.25, -0.2) is 4.99 Å². The van der Waals surface area contributed by atoms with Gasteiger partial charge >= 0.3 is 0 Å². The maximum atomic E-state index is 11.9. The van der Waals surface area contributed by atoms with E-state index in [-0.39, 0.29) is 36.4 Å². The molecule has 6 heteroatoms. The van der Waals surface area contributed by atoms with Gasteiger partial charge in [-0.15, -0.1) is 24.0 Å². The van der Waals surface area contributed by atoms with Gasteiger partial charge in [0.1, 0.15) is 6.54 Å². The highest BCUT2D eigenvalue weighted by Gasteiger charge is 2.11. The van der Waals surface area contributed by atoms with Crippen molar-refractivity contribution in [2.24, 2.45) is 4.99 Å². The lowest BCUT2D eigenvalue weighted by molar-refractivity contribution is -0.119. The summed E-state index contributed by atoms with van der Waals surface area (Å²) in [6.45, 7) is 3.45. The lowest BCUT2D eigenvalue weighted by Crippen LogP contribution is -2.43. The zero-order valence-corrected chi connectivity index (χ0v) is 15.7. The van der Waals surface area contributed by atoms with Gasteiger partial charge < -0.3 is 16.0 Å². The largest absolute Gasteiger partial charge is 0.357 e. The molecule has 5 nitrogen and oxygen atoms in total. The molecule has 0 heterocycles. The van der Waals surface area contributed by atoms with Crippen molar-refractivity contribution < 1.29 is 4.79 Å². The second-order valence-corrected chi connectivity index (χ2v) is 5.24. The number of benzene rings is 1. The fourth-order valence-electron chi connectivity index (χ4n) is 2.25. The number of carbonyl (C=O) groups is 1. The SMILES string of the molecule is CCNC(=NCC(=O)NCc1ccccc1)NC1CC=CC1.I. The molecule has 1 aliphatic carbocycles. The number of aliphatic imine (C=N–C) groups is 1. The molecule has 3 N–H and O–H groups in total. The number of amides is 1. The molecule has 0 atom stereocenters. The molecule has 1 aliphatic rings. The summed E-state index contributed by atoms with van der Waals surface area (Å²) in [7, 11) is 0. The lowest BCUT2D eigenvalue weighted by Gasteiger charge is -2.16. The number of hydrogen-bond donors (Lipinski definition) is 3. The second-order valence-electron chi connectivity index (χ2n) is 5.24. The first-order valence-electron chi connectivity index (χ1n) is 7.78. The second kappa shape index (κ2) is 11.0. The molecule has 0 spiro atoms. The Bertz CT molecular complexity index is 523. The smallest absolute Gasteiger partial charge is 0.242 e. The van der Waals surface area contributed by atoms with Gasteiger partial charge in [0.2, 0.25) is 5.91 Å². The number of rotatable bonds is 6. The van der Waals surface area contributed by atoms with Gasteiger partial charge in [-0.1, -0.05) is 42.5 Å². The third kappa shape index (κ3) is 7.49. The molecular weight excluding hydrogens is 403 g/mol. The van der Waals surface area contributed by atoms with Gasteiger partial charge in [0.15, 0.2) is 5.96 Å². The van der Waals surface area contributed by atoms with Crippen LogP contribution in [0.2, 0.25) is 0 Å². The van der Waals surface area contributed by atoms with Gasteiger partial charge in [0.25, 0.3) is 0 Å². The van der Waals surface area contributed by atoms with Crippen LogP contribution in [0.3, 0.4) is 0 Å². The van der Waals surface area contributed by atoms with E-state index >= 15 is 0 Å². The monoisotopic (exact) mass is 428 g/mol. The zero-order valence-electron chi connectivity index (χ0n) is 13.4. The van der Waals surface area contributed by atoms with E-state index < -0.39 is 0 Å². The Morgan fingerprint density at radius 3 is 2.52 bits per heavy atom. The minimum atomic E-state index is -0.0781. The lowest BCUT2D eigenvalue weighted by atomic mass is 10.2. The quantitative estimate of drug-likeness (QED) is 0.282. The first-order chi connectivity index (χ1) is 10.8. The summed E-state index contributed by atoms with van der Waals surface area (Å²) in [6, 6.07) is 10.2. The Labute approximate surface area is 155 Å². The molecular formula is C17H25IN4O. The third-order valence-electron chi connectivity index (χ3n) is 3.41. The normalized spacial score (nSPS) is 14.2. The van der Waals surface area contributed by atoms with E-state index in [1.165, 1.54) is 0 Å². The summed E-state index contributed by atoms with van der Waals surface area (Å²) >= 11 is 0. The molecule has 0 radical (unpaired) electrons. The molecule has 0 unspecified atom stereocenters. The Morgan fingerprint density at radius 1 is 1.17 bits per heavy atom. The summed E-state index contributed by atoms with van der Waals surface area (Å²) in [5.41, 5.74) is 1.09. The summed E-state index contributed by atoms with van der Waals surface area (Å²) in [4.78, 5) is 16.2. The summed E-state index contributed by atoms with van der Waals surface area (Å²) in [5, 5.41) is 9.39. The number of nitrogens with zero attached hydrogens (tertiary/aromatic N) is 1. The van der Waals surface area contributed by atoms with Crippen LogP contribution in [0, 0.1) is 0 Å². The molecule has 1 amide bonds. The molecule has 0 fully saturated rings. The Morgan fingerprint density at radius 2 is 1.87 bits per heavy atom. The predicted molar refractivity (Wildman–Crippen MR) is 105 cm³/mol. The van der Waals surface area contributed by atoms with Gasteiger partial charge in [0, 0.05) is 19.1 Å². The first-order valence-corrected chi connectivity index (χ1v) is 7.78. The number of guanidine groups is 1. The van der Waals surface area contributed by atoms with Crippen LogP contribution in [-0.4, -0.2) is 31.0 Å². The van der Waals surface area contributed by atoms with Crippen LogP contribution in [0.5, 0.6) is 0 Å². The fourth-order valence-corrected chi connectivity index (χ4v) is 2.25. The van der Waals surface area contributed by atoms with Crippen LogP contribution < -0.4 is 16.0 Å². The van der Waals surface area contributed by atoms with Crippen LogP contribution in [0.4, 0.5) is 0 Å². The molecule has 0 saturated heterocycles. The van der Waals surface area contributed by atoms with Gasteiger partial charge in [-0.05, 0) is 25.3 Å². The van der Waals surface area contributed by atoms with Crippen LogP contribution in [0.25, 0.3) is 0 Å². The molecule has 1 aromatic carbocycles. The Kier molecular flexibility index (Phi) is 9.35. The van der Waals surface area contributed by atoms with E-state index in [9.17, 15) is 4.79 Å². The highest BCUT2D eigenvalue weighted by atomic mass is 127. The Hall–Kier alpha value is -1.57. The molecule has 23 heavy (non-hydrogen) atoms. The number of carbonyl (C=O) groups excluding carboxylic acids is 1. The molecule has 0 aliphatic heterocycles. The zero-order chi connectivity index (χ0) is 15.6. The summed E-state index contributed by atoms with van der Waals surface area (Å²) < 4.78 is 0. The molecule has 126 valence electrons. The van der Waals surface area contributed by atoms with Crippen molar-refractivity contribution in [1.29, 1.82) is 0 Å². The highest BCUT2D eigenvalue weighted by molar-refractivity contribution is 14.0. The van der Waals surface area contributed by atoms with Gasteiger partial charge in [-0.3, -0.25) is 4.79 Å². The standard InChI is InChI=1S/C17H24N4O.HI/c1-2-18-17(21-15-10-6-7-11-15)20-13-16(22)19-12-14-8-4-3-5-9-14;/h3-9,15H,2,10-13H2,1H3,(H,19,22)(H2,18,20,21);1H. The highest BCUT2D eigenvalue weighted by Crippen LogP contribution is 2.08. The van der Waals surface area contributed by atoms with E-state index in [1.807, 2.05) is 37.3 Å². The van der Waals surface area contributed by atoms with Crippen molar-refractivity contribution in [2.45, 2.75) is 32.4 Å². The summed E-state index contributed by atoms with van der Waals surface area (Å²) in [6.07, 6.45) is 6.33. The van der Waals surface area contributed by atoms with Crippen molar-refractivity contribution in [3.05, 3.63) is 48.0 Å². The van der Waals surface area contributed by atoms with Crippen LogP contribution in [0.15, 0.2) is 47.5 Å². The van der Waals surface area contributed by atoms with E-state index in [0.717, 1.165) is 24.9 Å². The van der Waals surface area contributed by atoms with Crippen LogP contribution in [0.1, 0.15) is 25.3 Å². The van der Waals surface area contributed by atoms with E-state index in [0.29, 0.717) is 18.5 Å². The predicted octanol–water partition coefficient (Wildman–Crippen LogP) is 2.19. The maximum absolute atomic E-state index is 11.9. The van der Waals surface area contributed by atoms with Crippen molar-refractivity contribution >= 4 is 35.8 Å². The van der Waals surface area contributed by atoms with E-state index in [4.69, 9.17) is 0 Å². The molecule has 0 aromatic heterocycles. The minimum absolute atomic E-state index is 0. The van der Waals surface area contributed by atoms with Crippen LogP contribution in [-0.2, 0) is 11.3 Å². The Balaban J connectivity index is 0.00000264. The molecule has 0 bridgehead atoms. The van der Waals surface area contributed by atoms with Crippen LogP contribution >= 0.6 is 24.0 Å². The minimum Gasteiger partial charge on any atom is -0.357 e. The average molecular weight is 428 g/mol. The third-order valence-corrected chi connectivity index (χ3v) is 3.41. The van der Waals surface area contributed by atoms with Gasteiger partial charge in [-0.2, -0.15) is 0 Å². The summed E-state index contributed by atoms with van der Waals surface area (Å²) in [5.74, 6) is 0.622. The molecule has 0 saturated carbocycles. The van der Waals surface area contributed by atoms with Crippen molar-refractivity contribution in [3.8, 4) is 0 Å². The number of halogens is 1. The van der Waals surface area contributed by atoms with Crippen molar-refractivity contribution in [2.75, 3.05) is 13.1 Å². The maximum Gasteiger partial charge on any atom is 0.242 e. The molecule has 2 rings (SSSR count). The van der Waals surface area contributed by atoms with Crippen molar-refractivity contribution in [1.82, 2.24) is 16.0 Å². The fraction of sp³-hybridized carbons (Fsp3) is 0.412. The van der Waals surface area contributed by atoms with Gasteiger partial charge in [0.05, 0.1) is 0 Å². The number of nitrogens with one attached hydrogen (secondary N) is 3. The first kappa shape index (κ1) is 19.5.